The highest BCUT2D eigenvalue weighted by Gasteiger charge is 2.30. The number of methoxy groups -OCH3 is 1. The summed E-state index contributed by atoms with van der Waals surface area (Å²) in [7, 11) is -2.15. The molecule has 0 saturated carbocycles. The molecule has 3 rings (SSSR count). The molecule has 0 amide bonds. The Labute approximate surface area is 163 Å². The van der Waals surface area contributed by atoms with Crippen LogP contribution in [-0.2, 0) is 20.5 Å². The van der Waals surface area contributed by atoms with Gasteiger partial charge in [-0.25, -0.2) is 23.5 Å². The number of aliphatic hydroxyl groups excluding tert-OH is 1. The van der Waals surface area contributed by atoms with Gasteiger partial charge in [0.2, 0.25) is 21.9 Å². The van der Waals surface area contributed by atoms with Crippen molar-refractivity contribution in [3.05, 3.63) is 36.2 Å². The van der Waals surface area contributed by atoms with Crippen LogP contribution >= 0.6 is 0 Å². The first kappa shape index (κ1) is 20.4. The summed E-state index contributed by atoms with van der Waals surface area (Å²) in [5, 5.41) is 18.3. The molecule has 2 atom stereocenters. The van der Waals surface area contributed by atoms with Gasteiger partial charge in [-0.15, -0.1) is 0 Å². The minimum Gasteiger partial charge on any atom is -0.366 e. The molecule has 1 aromatic heterocycles. The van der Waals surface area contributed by atoms with Crippen molar-refractivity contribution in [3.63, 3.8) is 0 Å². The first-order chi connectivity index (χ1) is 13.4. The second kappa shape index (κ2) is 8.78. The zero-order chi connectivity index (χ0) is 20.1. The van der Waals surface area contributed by atoms with Crippen LogP contribution in [0.3, 0.4) is 0 Å². The van der Waals surface area contributed by atoms with Gasteiger partial charge >= 0.3 is 0 Å². The molecule has 1 fully saturated rings. The molecule has 4 N–H and O–H groups in total. The number of anilines is 3. The van der Waals surface area contributed by atoms with E-state index in [4.69, 9.17) is 9.88 Å². The zero-order valence-corrected chi connectivity index (χ0v) is 16.3. The van der Waals surface area contributed by atoms with Crippen LogP contribution < -0.4 is 15.4 Å². The molecule has 0 aliphatic carbocycles. The number of nitrogens with zero attached hydrogens (tertiary/aromatic N) is 4. The number of hydrogen-bond donors (Lipinski definition) is 3. The molecule has 1 aromatic carbocycles. The Morgan fingerprint density at radius 3 is 2.96 bits per heavy atom. The maximum absolute atomic E-state index is 11.3. The van der Waals surface area contributed by atoms with Crippen molar-refractivity contribution >= 4 is 27.6 Å². The molecule has 1 unspecified atom stereocenters. The third-order valence-electron chi connectivity index (χ3n) is 4.49. The average molecular weight is 408 g/mol. The van der Waals surface area contributed by atoms with E-state index in [9.17, 15) is 13.5 Å². The van der Waals surface area contributed by atoms with Gasteiger partial charge in [-0.1, -0.05) is 12.1 Å². The highest BCUT2D eigenvalue weighted by atomic mass is 32.2. The molecule has 1 aliphatic rings. The second-order valence-corrected chi connectivity index (χ2v) is 8.24. The lowest BCUT2D eigenvalue weighted by Gasteiger charge is -2.37. The van der Waals surface area contributed by atoms with Crippen LogP contribution in [0.2, 0.25) is 0 Å². The minimum absolute atomic E-state index is 0.230. The number of aromatic nitrogens is 3. The van der Waals surface area contributed by atoms with Gasteiger partial charge in [-0.05, 0) is 37.0 Å². The number of hydrogen-bond acceptors (Lipinski definition) is 9. The van der Waals surface area contributed by atoms with E-state index >= 15 is 0 Å². The van der Waals surface area contributed by atoms with E-state index in [1.54, 1.807) is 24.3 Å². The monoisotopic (exact) mass is 408 g/mol. The maximum Gasteiger partial charge on any atom is 0.231 e. The van der Waals surface area contributed by atoms with Crippen LogP contribution in [0.15, 0.2) is 30.6 Å². The molecule has 1 aliphatic heterocycles. The van der Waals surface area contributed by atoms with Crippen molar-refractivity contribution < 1.29 is 18.3 Å². The van der Waals surface area contributed by atoms with E-state index in [0.29, 0.717) is 29.7 Å². The van der Waals surface area contributed by atoms with Gasteiger partial charge in [0.15, 0.2) is 6.29 Å². The molecular weight excluding hydrogens is 384 g/mol. The number of ether oxygens (including phenoxy) is 1. The van der Waals surface area contributed by atoms with E-state index in [1.807, 2.05) is 4.90 Å². The average Bonchev–Trinajstić information content (AvgIpc) is 2.66. The Morgan fingerprint density at radius 2 is 2.21 bits per heavy atom. The second-order valence-electron chi connectivity index (χ2n) is 6.62. The molecule has 152 valence electrons. The third kappa shape index (κ3) is 5.35. The van der Waals surface area contributed by atoms with Crippen LogP contribution in [0.4, 0.5) is 17.6 Å². The normalized spacial score (nSPS) is 18.7. The van der Waals surface area contributed by atoms with Gasteiger partial charge in [0.25, 0.3) is 0 Å². The quantitative estimate of drug-likeness (QED) is 0.565. The zero-order valence-electron chi connectivity index (χ0n) is 15.5. The number of nitrogens with two attached hydrogens (primary N) is 1. The van der Waals surface area contributed by atoms with E-state index in [-0.39, 0.29) is 11.8 Å². The summed E-state index contributed by atoms with van der Waals surface area (Å²) in [6, 6.07) is 6.62. The van der Waals surface area contributed by atoms with Gasteiger partial charge < -0.3 is 20.1 Å². The summed E-state index contributed by atoms with van der Waals surface area (Å²) < 4.78 is 27.7. The third-order valence-corrected chi connectivity index (χ3v) is 5.22. The van der Waals surface area contributed by atoms with E-state index in [1.165, 1.54) is 13.4 Å². The van der Waals surface area contributed by atoms with Crippen LogP contribution in [0.1, 0.15) is 24.8 Å². The van der Waals surface area contributed by atoms with Crippen LogP contribution in [0.5, 0.6) is 0 Å². The predicted molar refractivity (Wildman–Crippen MR) is 104 cm³/mol. The molecule has 0 bridgehead atoms. The Kier molecular flexibility index (Phi) is 6.39. The number of rotatable bonds is 7. The van der Waals surface area contributed by atoms with Crippen molar-refractivity contribution in [2.45, 2.75) is 37.3 Å². The molecule has 0 radical (unpaired) electrons. The van der Waals surface area contributed by atoms with Crippen LogP contribution in [-0.4, -0.2) is 54.5 Å². The predicted octanol–water partition coefficient (Wildman–Crippen LogP) is 0.727. The van der Waals surface area contributed by atoms with Crippen LogP contribution in [0, 0.1) is 0 Å². The molecule has 10 nitrogen and oxygen atoms in total. The summed E-state index contributed by atoms with van der Waals surface area (Å²) >= 11 is 0. The number of nitrogens with one attached hydrogen (secondary N) is 1. The number of sulfonamides is 1. The Morgan fingerprint density at radius 1 is 1.39 bits per heavy atom. The number of primary sulfonamides is 1. The minimum atomic E-state index is -3.62. The summed E-state index contributed by atoms with van der Waals surface area (Å²) in [5.74, 6) is 0.503. The van der Waals surface area contributed by atoms with Crippen LogP contribution in [0.25, 0.3) is 0 Å². The summed E-state index contributed by atoms with van der Waals surface area (Å²) in [4.78, 5) is 14.7. The Hall–Kier alpha value is -2.34. The SMILES string of the molecule is COC(O)[C@H]1CCCCN1c1ncnc(Nc2cccc(CS(N)(=O)=O)c2)n1. The number of piperidine rings is 1. The summed E-state index contributed by atoms with van der Waals surface area (Å²) in [5.41, 5.74) is 1.19. The fourth-order valence-electron chi connectivity index (χ4n) is 3.25. The van der Waals surface area contributed by atoms with Crippen molar-refractivity contribution in [1.29, 1.82) is 0 Å². The lowest BCUT2D eigenvalue weighted by molar-refractivity contribution is -0.0946. The topological polar surface area (TPSA) is 144 Å². The summed E-state index contributed by atoms with van der Waals surface area (Å²) in [6.07, 6.45) is 3.21. The maximum atomic E-state index is 11.3. The molecule has 0 spiro atoms. The molecule has 1 saturated heterocycles. The molecule has 11 heteroatoms. The van der Waals surface area contributed by atoms with Gasteiger partial charge in [-0.2, -0.15) is 4.98 Å². The molecule has 2 heterocycles. The standard InChI is InChI=1S/C17H24N6O4S/c1-27-15(24)14-7-2-3-8-23(14)17-20-11-19-16(22-17)21-13-6-4-5-12(9-13)10-28(18,25)26/h4-6,9,11,14-15,24H,2-3,7-8,10H2,1H3,(H2,18,25,26)(H,19,20,21,22)/t14-,15?/m1/s1. The van der Waals surface area contributed by atoms with E-state index < -0.39 is 16.3 Å². The van der Waals surface area contributed by atoms with E-state index in [0.717, 1.165) is 19.3 Å². The molecule has 28 heavy (non-hydrogen) atoms. The van der Waals surface area contributed by atoms with Gasteiger partial charge in [0, 0.05) is 19.3 Å². The number of aliphatic hydroxyl groups is 1. The highest BCUT2D eigenvalue weighted by Crippen LogP contribution is 2.25. The lowest BCUT2D eigenvalue weighted by atomic mass is 10.0. The van der Waals surface area contributed by atoms with Crippen molar-refractivity contribution in [3.8, 4) is 0 Å². The van der Waals surface area contributed by atoms with Gasteiger partial charge in [0.1, 0.15) is 6.33 Å². The molecule has 2 aromatic rings. The fraction of sp³-hybridized carbons (Fsp3) is 0.471. The first-order valence-electron chi connectivity index (χ1n) is 8.89. The highest BCUT2D eigenvalue weighted by molar-refractivity contribution is 7.88. The van der Waals surface area contributed by atoms with Gasteiger partial charge in [0.05, 0.1) is 11.8 Å². The molecular formula is C17H24N6O4S. The van der Waals surface area contributed by atoms with E-state index in [2.05, 4.69) is 20.3 Å². The smallest absolute Gasteiger partial charge is 0.231 e. The Bertz CT molecular complexity index is 910. The number of benzene rings is 1. The van der Waals surface area contributed by atoms with Gasteiger partial charge in [-0.3, -0.25) is 0 Å². The largest absolute Gasteiger partial charge is 0.366 e. The first-order valence-corrected chi connectivity index (χ1v) is 10.6. The van der Waals surface area contributed by atoms with Crippen molar-refractivity contribution in [2.75, 3.05) is 23.9 Å². The van der Waals surface area contributed by atoms with Crippen molar-refractivity contribution in [1.82, 2.24) is 15.0 Å². The lowest BCUT2D eigenvalue weighted by Crippen LogP contribution is -2.48. The fourth-order valence-corrected chi connectivity index (χ4v) is 3.89. The van der Waals surface area contributed by atoms with Crippen molar-refractivity contribution in [2.24, 2.45) is 5.14 Å². The summed E-state index contributed by atoms with van der Waals surface area (Å²) in [6.45, 7) is 0.707. The Balaban J connectivity index is 1.79.